The van der Waals surface area contributed by atoms with Crippen molar-refractivity contribution in [2.75, 3.05) is 0 Å². The van der Waals surface area contributed by atoms with E-state index in [-0.39, 0.29) is 17.6 Å². The molecule has 0 aromatic heterocycles. The van der Waals surface area contributed by atoms with Crippen molar-refractivity contribution in [3.63, 3.8) is 0 Å². The van der Waals surface area contributed by atoms with Crippen LogP contribution >= 0.6 is 12.2 Å². The smallest absolute Gasteiger partial charge is 0.167 e. The quantitative estimate of drug-likeness (QED) is 0.750. The zero-order valence-electron chi connectivity index (χ0n) is 13.9. The van der Waals surface area contributed by atoms with Gasteiger partial charge >= 0.3 is 0 Å². The maximum atomic E-state index is 6.53. The molecule has 2 atom stereocenters. The van der Waals surface area contributed by atoms with Gasteiger partial charge in [0.25, 0.3) is 0 Å². The molecule has 2 aromatic rings. The zero-order chi connectivity index (χ0) is 16.9. The number of benzene rings is 2. The van der Waals surface area contributed by atoms with Gasteiger partial charge in [0.2, 0.25) is 0 Å². The van der Waals surface area contributed by atoms with Crippen LogP contribution in [0.1, 0.15) is 44.0 Å². The third-order valence-electron chi connectivity index (χ3n) is 3.48. The summed E-state index contributed by atoms with van der Waals surface area (Å²) in [6.07, 6.45) is 0. The molecule has 0 aliphatic carbocycles. The Hall–Kier alpha value is -1.91. The van der Waals surface area contributed by atoms with Crippen LogP contribution in [0.2, 0.25) is 0 Å². The van der Waals surface area contributed by atoms with Crippen LogP contribution in [-0.2, 0) is 0 Å². The molecule has 23 heavy (non-hydrogen) atoms. The molecule has 2 aromatic carbocycles. The largest absolute Gasteiger partial charge is 0.358 e. The van der Waals surface area contributed by atoms with Gasteiger partial charge in [0.15, 0.2) is 5.11 Å². The maximum Gasteiger partial charge on any atom is 0.167 e. The Bertz CT molecular complexity index is 620. The minimum atomic E-state index is -0.196. The fourth-order valence-electron chi connectivity index (χ4n) is 2.43. The first-order valence-corrected chi connectivity index (χ1v) is 8.22. The minimum absolute atomic E-state index is 0.0951. The standard InChI is InChI=1S/C19H25N3S/c1-19(2,3)22-18(23)21-17(15-12-8-5-9-13-15)16(20)14-10-6-4-7-11-14/h4-13,16-17H,20H2,1-3H3,(H2,21,22,23)/t16-,17-/m0/s1. The summed E-state index contributed by atoms with van der Waals surface area (Å²) in [5, 5.41) is 7.28. The third kappa shape index (κ3) is 5.34. The summed E-state index contributed by atoms with van der Waals surface area (Å²) in [6.45, 7) is 6.24. The van der Waals surface area contributed by atoms with E-state index in [0.717, 1.165) is 11.1 Å². The van der Waals surface area contributed by atoms with Crippen molar-refractivity contribution in [1.29, 1.82) is 0 Å². The Morgan fingerprint density at radius 1 is 0.913 bits per heavy atom. The fourth-order valence-corrected chi connectivity index (χ4v) is 2.86. The highest BCUT2D eigenvalue weighted by atomic mass is 32.1. The van der Waals surface area contributed by atoms with Gasteiger partial charge in [-0.05, 0) is 44.1 Å². The van der Waals surface area contributed by atoms with E-state index in [1.807, 2.05) is 48.5 Å². The highest BCUT2D eigenvalue weighted by Gasteiger charge is 2.23. The lowest BCUT2D eigenvalue weighted by molar-refractivity contribution is 0.478. The van der Waals surface area contributed by atoms with Crippen molar-refractivity contribution in [3.8, 4) is 0 Å². The van der Waals surface area contributed by atoms with Crippen LogP contribution in [0.25, 0.3) is 0 Å². The highest BCUT2D eigenvalue weighted by Crippen LogP contribution is 2.26. The molecule has 0 heterocycles. The molecule has 0 saturated heterocycles. The van der Waals surface area contributed by atoms with E-state index in [4.69, 9.17) is 18.0 Å². The summed E-state index contributed by atoms with van der Waals surface area (Å²) in [7, 11) is 0. The molecule has 3 nitrogen and oxygen atoms in total. The molecule has 0 aliphatic heterocycles. The molecular formula is C19H25N3S. The van der Waals surface area contributed by atoms with Crippen LogP contribution in [0.15, 0.2) is 60.7 Å². The van der Waals surface area contributed by atoms with E-state index in [0.29, 0.717) is 5.11 Å². The van der Waals surface area contributed by atoms with Crippen LogP contribution in [0.5, 0.6) is 0 Å². The summed E-state index contributed by atoms with van der Waals surface area (Å²) >= 11 is 5.47. The van der Waals surface area contributed by atoms with Gasteiger partial charge in [-0.15, -0.1) is 0 Å². The first-order valence-electron chi connectivity index (χ1n) is 7.81. The van der Waals surface area contributed by atoms with Gasteiger partial charge in [-0.25, -0.2) is 0 Å². The van der Waals surface area contributed by atoms with Gasteiger partial charge in [-0.3, -0.25) is 0 Å². The van der Waals surface area contributed by atoms with Crippen molar-refractivity contribution in [2.45, 2.75) is 38.4 Å². The summed E-state index contributed by atoms with van der Waals surface area (Å²) in [5.41, 5.74) is 8.63. The van der Waals surface area contributed by atoms with Crippen LogP contribution in [0, 0.1) is 0 Å². The van der Waals surface area contributed by atoms with Gasteiger partial charge in [0.1, 0.15) is 0 Å². The molecule has 0 aliphatic rings. The average molecular weight is 327 g/mol. The summed E-state index contributed by atoms with van der Waals surface area (Å²) in [4.78, 5) is 0. The monoisotopic (exact) mass is 327 g/mol. The molecule has 0 spiro atoms. The van der Waals surface area contributed by atoms with Crippen molar-refractivity contribution in [3.05, 3.63) is 71.8 Å². The third-order valence-corrected chi connectivity index (χ3v) is 3.70. The zero-order valence-corrected chi connectivity index (χ0v) is 14.7. The number of rotatable bonds is 4. The topological polar surface area (TPSA) is 50.1 Å². The van der Waals surface area contributed by atoms with Crippen LogP contribution in [0.4, 0.5) is 0 Å². The lowest BCUT2D eigenvalue weighted by Gasteiger charge is -2.30. The molecule has 4 heteroatoms. The second kappa shape index (κ2) is 7.57. The van der Waals surface area contributed by atoms with Crippen molar-refractivity contribution < 1.29 is 0 Å². The number of thiocarbonyl (C=S) groups is 1. The molecule has 0 amide bonds. The SMILES string of the molecule is CC(C)(C)NC(=S)N[C@@H](c1ccccc1)[C@@H](N)c1ccccc1. The predicted molar refractivity (Wildman–Crippen MR) is 101 cm³/mol. The van der Waals surface area contributed by atoms with Gasteiger partial charge in [-0.2, -0.15) is 0 Å². The van der Waals surface area contributed by atoms with Crippen LogP contribution in [-0.4, -0.2) is 10.7 Å². The Kier molecular flexibility index (Phi) is 5.74. The van der Waals surface area contributed by atoms with Gasteiger partial charge in [0, 0.05) is 5.54 Å². The number of hydrogen-bond acceptors (Lipinski definition) is 2. The van der Waals surface area contributed by atoms with E-state index in [2.05, 4.69) is 43.5 Å². The molecular weight excluding hydrogens is 302 g/mol. The van der Waals surface area contributed by atoms with Gasteiger partial charge in [0.05, 0.1) is 12.1 Å². The molecule has 122 valence electrons. The molecule has 0 fully saturated rings. The second-order valence-corrected chi connectivity index (χ2v) is 7.08. The van der Waals surface area contributed by atoms with E-state index >= 15 is 0 Å². The Morgan fingerprint density at radius 3 is 1.87 bits per heavy atom. The fraction of sp³-hybridized carbons (Fsp3) is 0.316. The van der Waals surface area contributed by atoms with Gasteiger partial charge < -0.3 is 16.4 Å². The molecule has 2 rings (SSSR count). The molecule has 0 saturated carbocycles. The first kappa shape index (κ1) is 17.4. The Labute approximate surface area is 144 Å². The normalized spacial score (nSPS) is 13.9. The second-order valence-electron chi connectivity index (χ2n) is 6.67. The molecule has 0 bridgehead atoms. The minimum Gasteiger partial charge on any atom is -0.358 e. The van der Waals surface area contributed by atoms with E-state index < -0.39 is 0 Å². The Morgan fingerprint density at radius 2 is 1.39 bits per heavy atom. The predicted octanol–water partition coefficient (Wildman–Crippen LogP) is 3.69. The molecule has 4 N–H and O–H groups in total. The summed E-state index contributed by atoms with van der Waals surface area (Å²) in [5.74, 6) is 0. The molecule has 0 radical (unpaired) electrons. The van der Waals surface area contributed by atoms with Crippen LogP contribution in [0.3, 0.4) is 0 Å². The van der Waals surface area contributed by atoms with E-state index in [1.165, 1.54) is 0 Å². The van der Waals surface area contributed by atoms with Gasteiger partial charge in [-0.1, -0.05) is 60.7 Å². The van der Waals surface area contributed by atoms with Crippen LogP contribution < -0.4 is 16.4 Å². The number of hydrogen-bond donors (Lipinski definition) is 3. The summed E-state index contributed by atoms with van der Waals surface area (Å²) < 4.78 is 0. The average Bonchev–Trinajstić information content (AvgIpc) is 2.52. The van der Waals surface area contributed by atoms with Crippen molar-refractivity contribution in [2.24, 2.45) is 5.73 Å². The summed E-state index contributed by atoms with van der Waals surface area (Å²) in [6, 6.07) is 20.0. The van der Waals surface area contributed by atoms with E-state index in [1.54, 1.807) is 0 Å². The maximum absolute atomic E-state index is 6.53. The molecule has 0 unspecified atom stereocenters. The lowest BCUT2D eigenvalue weighted by Crippen LogP contribution is -2.48. The first-order chi connectivity index (χ1) is 10.9. The number of nitrogens with two attached hydrogens (primary N) is 1. The van der Waals surface area contributed by atoms with E-state index in [9.17, 15) is 0 Å². The van der Waals surface area contributed by atoms with Crippen molar-refractivity contribution in [1.82, 2.24) is 10.6 Å². The van der Waals surface area contributed by atoms with Crippen molar-refractivity contribution >= 4 is 17.3 Å². The Balaban J connectivity index is 2.24. The highest BCUT2D eigenvalue weighted by molar-refractivity contribution is 7.80. The number of nitrogens with one attached hydrogen (secondary N) is 2. The lowest BCUT2D eigenvalue weighted by atomic mass is 9.94.